The Morgan fingerprint density at radius 3 is 2.88 bits per heavy atom. The van der Waals surface area contributed by atoms with Gasteiger partial charge in [-0.3, -0.25) is 15.1 Å². The molecule has 25 heavy (non-hydrogen) atoms. The van der Waals surface area contributed by atoms with E-state index >= 15 is 0 Å². The predicted octanol–water partition coefficient (Wildman–Crippen LogP) is 2.89. The lowest BCUT2D eigenvalue weighted by Crippen LogP contribution is -2.13. The summed E-state index contributed by atoms with van der Waals surface area (Å²) in [5.41, 5.74) is 1.62. The van der Waals surface area contributed by atoms with E-state index in [-0.39, 0.29) is 11.6 Å². The smallest absolute Gasteiger partial charge is 0.258 e. The third-order valence-electron chi connectivity index (χ3n) is 3.18. The van der Waals surface area contributed by atoms with E-state index in [1.165, 1.54) is 37.0 Å². The topological polar surface area (TPSA) is 114 Å². The molecule has 8 nitrogen and oxygen atoms in total. The second-order valence-electron chi connectivity index (χ2n) is 4.62. The molecule has 3 aromatic rings. The van der Waals surface area contributed by atoms with Gasteiger partial charge in [-0.05, 0) is 28.1 Å². The minimum atomic E-state index is -0.376. The second-order valence-corrected chi connectivity index (χ2v) is 6.87. The van der Waals surface area contributed by atoms with Gasteiger partial charge in [0.05, 0.1) is 18.9 Å². The molecule has 0 atom stereocenters. The van der Waals surface area contributed by atoms with Crippen LogP contribution in [0.15, 0.2) is 34.6 Å². The largest absolute Gasteiger partial charge is 0.494 e. The molecule has 0 unspecified atom stereocenters. The summed E-state index contributed by atoms with van der Waals surface area (Å²) in [5.74, 6) is 0.0538. The van der Waals surface area contributed by atoms with Crippen LogP contribution in [0, 0.1) is 11.3 Å². The third kappa shape index (κ3) is 3.62. The van der Waals surface area contributed by atoms with Crippen molar-refractivity contribution in [1.82, 2.24) is 20.2 Å². The molecule has 0 aromatic carbocycles. The third-order valence-corrected chi connectivity index (χ3v) is 4.45. The Morgan fingerprint density at radius 2 is 2.20 bits per heavy atom. The van der Waals surface area contributed by atoms with Gasteiger partial charge in [-0.1, -0.05) is 11.3 Å². The van der Waals surface area contributed by atoms with Gasteiger partial charge in [0.1, 0.15) is 17.5 Å². The summed E-state index contributed by atoms with van der Waals surface area (Å²) in [6, 6.07) is 5.10. The lowest BCUT2D eigenvalue weighted by atomic mass is 10.0. The Bertz CT molecular complexity index is 984. The zero-order chi connectivity index (χ0) is 17.8. The molecule has 0 aliphatic rings. The monoisotopic (exact) mass is 416 g/mol. The number of aromatic nitrogens is 4. The number of rotatable bonds is 4. The molecular weight excluding hydrogens is 408 g/mol. The minimum absolute atomic E-state index is 0.207. The maximum absolute atomic E-state index is 12.6. The van der Waals surface area contributed by atoms with Crippen molar-refractivity contribution < 1.29 is 9.53 Å². The first-order valence-electron chi connectivity index (χ1n) is 6.81. The zero-order valence-electron chi connectivity index (χ0n) is 12.7. The van der Waals surface area contributed by atoms with E-state index in [2.05, 4.69) is 41.4 Å². The SMILES string of the molecule is COc1cnc(C#N)cc1-c1cnccc1C(=O)Nc1nnc(Br)s1. The molecule has 3 rings (SSSR count). The molecule has 3 heterocycles. The summed E-state index contributed by atoms with van der Waals surface area (Å²) in [6.07, 6.45) is 4.47. The Balaban J connectivity index is 2.04. The summed E-state index contributed by atoms with van der Waals surface area (Å²) >= 11 is 4.39. The van der Waals surface area contributed by atoms with Crippen molar-refractivity contribution >= 4 is 38.3 Å². The maximum Gasteiger partial charge on any atom is 0.258 e. The van der Waals surface area contributed by atoms with Crippen LogP contribution in [-0.4, -0.2) is 33.2 Å². The van der Waals surface area contributed by atoms with Crippen molar-refractivity contribution in [3.8, 4) is 22.9 Å². The van der Waals surface area contributed by atoms with Gasteiger partial charge in [-0.25, -0.2) is 4.98 Å². The number of carbonyl (C=O) groups is 1. The first-order valence-corrected chi connectivity index (χ1v) is 8.42. The molecule has 0 spiro atoms. The van der Waals surface area contributed by atoms with Crippen molar-refractivity contribution in [2.45, 2.75) is 0 Å². The molecule has 0 aliphatic carbocycles. The summed E-state index contributed by atoms with van der Waals surface area (Å²) in [6.45, 7) is 0. The highest BCUT2D eigenvalue weighted by Gasteiger charge is 2.18. The van der Waals surface area contributed by atoms with Crippen LogP contribution in [0.3, 0.4) is 0 Å². The van der Waals surface area contributed by atoms with Crippen LogP contribution in [0.25, 0.3) is 11.1 Å². The van der Waals surface area contributed by atoms with Gasteiger partial charge in [0, 0.05) is 23.5 Å². The molecule has 3 aromatic heterocycles. The highest BCUT2D eigenvalue weighted by molar-refractivity contribution is 9.11. The molecule has 1 N–H and O–H groups in total. The fourth-order valence-corrected chi connectivity index (χ4v) is 3.11. The van der Waals surface area contributed by atoms with Crippen molar-refractivity contribution in [3.05, 3.63) is 45.9 Å². The Labute approximate surface area is 154 Å². The number of nitriles is 1. The van der Waals surface area contributed by atoms with Gasteiger partial charge in [-0.2, -0.15) is 5.26 Å². The van der Waals surface area contributed by atoms with E-state index in [9.17, 15) is 4.79 Å². The van der Waals surface area contributed by atoms with Crippen molar-refractivity contribution in [2.75, 3.05) is 12.4 Å². The predicted molar refractivity (Wildman–Crippen MR) is 94.3 cm³/mol. The highest BCUT2D eigenvalue weighted by Crippen LogP contribution is 2.32. The molecule has 0 radical (unpaired) electrons. The fourth-order valence-electron chi connectivity index (χ4n) is 2.10. The number of anilines is 1. The number of ether oxygens (including phenoxy) is 1. The van der Waals surface area contributed by atoms with Gasteiger partial charge in [0.2, 0.25) is 5.13 Å². The molecule has 124 valence electrons. The number of nitrogens with zero attached hydrogens (tertiary/aromatic N) is 5. The van der Waals surface area contributed by atoms with Crippen molar-refractivity contribution in [1.29, 1.82) is 5.26 Å². The van der Waals surface area contributed by atoms with Gasteiger partial charge in [0.25, 0.3) is 5.91 Å². The summed E-state index contributed by atoms with van der Waals surface area (Å²) < 4.78 is 5.86. The standard InChI is InChI=1S/C15H9BrN6O2S/c1-24-12-7-19-8(5-17)4-10(12)11-6-18-3-2-9(11)13(23)20-15-22-21-14(16)25-15/h2-4,6-7H,1H3,(H,20,22,23). The van der Waals surface area contributed by atoms with Gasteiger partial charge < -0.3 is 4.74 Å². The summed E-state index contributed by atoms with van der Waals surface area (Å²) in [7, 11) is 1.49. The van der Waals surface area contributed by atoms with Crippen LogP contribution in [0.2, 0.25) is 0 Å². The average Bonchev–Trinajstić information content (AvgIpc) is 3.05. The number of halogens is 1. The van der Waals surface area contributed by atoms with Crippen molar-refractivity contribution in [3.63, 3.8) is 0 Å². The van der Waals surface area contributed by atoms with Crippen molar-refractivity contribution in [2.24, 2.45) is 0 Å². The minimum Gasteiger partial charge on any atom is -0.494 e. The maximum atomic E-state index is 12.6. The Morgan fingerprint density at radius 1 is 1.36 bits per heavy atom. The van der Waals surface area contributed by atoms with E-state index in [0.717, 1.165) is 0 Å². The van der Waals surface area contributed by atoms with Crippen LogP contribution in [0.5, 0.6) is 5.75 Å². The summed E-state index contributed by atoms with van der Waals surface area (Å²) in [5, 5.41) is 19.8. The van der Waals surface area contributed by atoms with Crippen LogP contribution < -0.4 is 10.1 Å². The number of methoxy groups -OCH3 is 1. The second kappa shape index (κ2) is 7.33. The first kappa shape index (κ1) is 16.9. The zero-order valence-corrected chi connectivity index (χ0v) is 15.1. The van der Waals surface area contributed by atoms with Gasteiger partial charge in [0.15, 0.2) is 3.92 Å². The number of amides is 1. The average molecular weight is 417 g/mol. The normalized spacial score (nSPS) is 10.1. The van der Waals surface area contributed by atoms with E-state index in [1.54, 1.807) is 12.1 Å². The van der Waals surface area contributed by atoms with Crippen LogP contribution >= 0.6 is 27.3 Å². The molecular formula is C15H9BrN6O2S. The number of pyridine rings is 2. The van der Waals surface area contributed by atoms with Crippen LogP contribution in [0.1, 0.15) is 16.1 Å². The number of hydrogen-bond acceptors (Lipinski definition) is 8. The lowest BCUT2D eigenvalue weighted by Gasteiger charge is -2.12. The Hall–Kier alpha value is -2.90. The van der Waals surface area contributed by atoms with Gasteiger partial charge in [-0.15, -0.1) is 10.2 Å². The molecule has 0 saturated heterocycles. The van der Waals surface area contributed by atoms with Gasteiger partial charge >= 0.3 is 0 Å². The molecule has 0 saturated carbocycles. The molecule has 0 fully saturated rings. The highest BCUT2D eigenvalue weighted by atomic mass is 79.9. The molecule has 0 aliphatic heterocycles. The van der Waals surface area contributed by atoms with E-state index in [4.69, 9.17) is 10.00 Å². The fraction of sp³-hybridized carbons (Fsp3) is 0.0667. The molecule has 10 heteroatoms. The molecule has 0 bridgehead atoms. The first-order chi connectivity index (χ1) is 12.1. The van der Waals surface area contributed by atoms with E-state index < -0.39 is 0 Å². The van der Waals surface area contributed by atoms with E-state index in [1.807, 2.05) is 6.07 Å². The van der Waals surface area contributed by atoms with Crippen LogP contribution in [0.4, 0.5) is 5.13 Å². The number of hydrogen-bond donors (Lipinski definition) is 1. The number of carbonyl (C=O) groups excluding carboxylic acids is 1. The molecule has 1 amide bonds. The quantitative estimate of drug-likeness (QED) is 0.694. The summed E-state index contributed by atoms with van der Waals surface area (Å²) in [4.78, 5) is 20.7. The Kier molecular flexibility index (Phi) is 4.97. The van der Waals surface area contributed by atoms with Crippen LogP contribution in [-0.2, 0) is 0 Å². The van der Waals surface area contributed by atoms with E-state index in [0.29, 0.717) is 31.5 Å². The lowest BCUT2D eigenvalue weighted by molar-refractivity contribution is 0.102. The number of nitrogens with one attached hydrogen (secondary N) is 1.